The van der Waals surface area contributed by atoms with Gasteiger partial charge < -0.3 is 15.4 Å². The molecule has 0 amide bonds. The molecule has 0 aliphatic carbocycles. The summed E-state index contributed by atoms with van der Waals surface area (Å²) in [5.41, 5.74) is 2.64. The molecular weight excluding hydrogens is 326 g/mol. The van der Waals surface area contributed by atoms with Gasteiger partial charge in [-0.15, -0.1) is 0 Å². The second-order valence-electron chi connectivity index (χ2n) is 4.97. The lowest BCUT2D eigenvalue weighted by atomic mass is 10.2. The van der Waals surface area contributed by atoms with Crippen LogP contribution in [0.15, 0.2) is 42.6 Å². The van der Waals surface area contributed by atoms with Crippen LogP contribution in [0, 0.1) is 6.92 Å². The van der Waals surface area contributed by atoms with Gasteiger partial charge in [0.05, 0.1) is 7.11 Å². The first kappa shape index (κ1) is 17.6. The summed E-state index contributed by atoms with van der Waals surface area (Å²) in [6.45, 7) is 2.91. The van der Waals surface area contributed by atoms with Crippen LogP contribution in [-0.2, 0) is 5.75 Å². The molecule has 0 saturated heterocycles. The first-order valence-corrected chi connectivity index (χ1v) is 8.92. The highest BCUT2D eigenvalue weighted by Crippen LogP contribution is 2.19. The van der Waals surface area contributed by atoms with E-state index in [0.29, 0.717) is 16.7 Å². The summed E-state index contributed by atoms with van der Waals surface area (Å²) in [6, 6.07) is 12.3. The van der Waals surface area contributed by atoms with Gasteiger partial charge in [0.1, 0.15) is 0 Å². The molecule has 2 N–H and O–H groups in total. The van der Waals surface area contributed by atoms with Crippen molar-refractivity contribution < 1.29 is 4.74 Å². The Morgan fingerprint density at radius 1 is 1.26 bits per heavy atom. The summed E-state index contributed by atoms with van der Waals surface area (Å²) in [4.78, 5) is 4.21. The van der Waals surface area contributed by atoms with Crippen molar-refractivity contribution in [2.75, 3.05) is 24.7 Å². The topological polar surface area (TPSA) is 46.2 Å². The summed E-state index contributed by atoms with van der Waals surface area (Å²) in [5, 5.41) is 6.79. The van der Waals surface area contributed by atoms with Gasteiger partial charge in [-0.2, -0.15) is 11.8 Å². The highest BCUT2D eigenvalue weighted by molar-refractivity contribution is 7.98. The number of thiocarbonyl (C=S) groups is 1. The van der Waals surface area contributed by atoms with Gasteiger partial charge in [0, 0.05) is 24.2 Å². The number of aryl methyl sites for hydroxylation is 1. The predicted octanol–water partition coefficient (Wildman–Crippen LogP) is 3.62. The molecule has 1 heterocycles. The first-order valence-electron chi connectivity index (χ1n) is 7.36. The average molecular weight is 348 g/mol. The Labute approximate surface area is 147 Å². The number of ether oxygens (including phenoxy) is 1. The molecule has 1 aromatic heterocycles. The molecule has 0 atom stereocenters. The van der Waals surface area contributed by atoms with Crippen LogP contribution in [0.5, 0.6) is 5.75 Å². The summed E-state index contributed by atoms with van der Waals surface area (Å²) < 4.78 is 5.23. The number of pyridine rings is 1. The Bertz CT molecular complexity index is 632. The Hall–Kier alpha value is -1.79. The molecule has 122 valence electrons. The minimum absolute atomic E-state index is 0.554. The van der Waals surface area contributed by atoms with E-state index in [1.165, 1.54) is 11.1 Å². The first-order chi connectivity index (χ1) is 11.2. The molecule has 0 fully saturated rings. The van der Waals surface area contributed by atoms with Crippen molar-refractivity contribution in [3.8, 4) is 5.75 Å². The van der Waals surface area contributed by atoms with Crippen molar-refractivity contribution in [2.45, 2.75) is 12.7 Å². The minimum Gasteiger partial charge on any atom is -0.493 e. The molecule has 6 heteroatoms. The predicted molar refractivity (Wildman–Crippen MR) is 102 cm³/mol. The highest BCUT2D eigenvalue weighted by Gasteiger charge is 2.04. The van der Waals surface area contributed by atoms with Crippen LogP contribution in [0.3, 0.4) is 0 Å². The van der Waals surface area contributed by atoms with E-state index in [1.54, 1.807) is 13.3 Å². The molecular formula is C17H21N3OS2. The van der Waals surface area contributed by atoms with Crippen LogP contribution in [0.1, 0.15) is 11.1 Å². The SMILES string of the molecule is COc1cccnc1NC(=S)NCCSCc1ccc(C)cc1. The lowest BCUT2D eigenvalue weighted by Gasteiger charge is -2.12. The number of benzene rings is 1. The Balaban J connectivity index is 1.66. The van der Waals surface area contributed by atoms with Crippen LogP contribution < -0.4 is 15.4 Å². The monoisotopic (exact) mass is 347 g/mol. The van der Waals surface area contributed by atoms with Crippen LogP contribution in [0.4, 0.5) is 5.82 Å². The fourth-order valence-electron chi connectivity index (χ4n) is 1.91. The van der Waals surface area contributed by atoms with Crippen molar-refractivity contribution in [1.29, 1.82) is 0 Å². The molecule has 0 aliphatic rings. The molecule has 2 rings (SSSR count). The van der Waals surface area contributed by atoms with Gasteiger partial charge in [0.2, 0.25) is 0 Å². The van der Waals surface area contributed by atoms with E-state index in [1.807, 2.05) is 23.9 Å². The number of aromatic nitrogens is 1. The second-order valence-corrected chi connectivity index (χ2v) is 6.49. The normalized spacial score (nSPS) is 10.2. The Morgan fingerprint density at radius 3 is 2.78 bits per heavy atom. The second kappa shape index (κ2) is 9.37. The summed E-state index contributed by atoms with van der Waals surface area (Å²) >= 11 is 7.15. The zero-order valence-electron chi connectivity index (χ0n) is 13.3. The fourth-order valence-corrected chi connectivity index (χ4v) is 2.93. The number of hydrogen-bond acceptors (Lipinski definition) is 4. The summed E-state index contributed by atoms with van der Waals surface area (Å²) in [7, 11) is 1.61. The number of rotatable bonds is 7. The van der Waals surface area contributed by atoms with Gasteiger partial charge in [-0.05, 0) is 36.8 Å². The zero-order chi connectivity index (χ0) is 16.5. The van der Waals surface area contributed by atoms with Gasteiger partial charge in [0.25, 0.3) is 0 Å². The van der Waals surface area contributed by atoms with Gasteiger partial charge in [0.15, 0.2) is 16.7 Å². The largest absolute Gasteiger partial charge is 0.493 e. The molecule has 0 aliphatic heterocycles. The van der Waals surface area contributed by atoms with Crippen molar-refractivity contribution >= 4 is 34.9 Å². The maximum absolute atomic E-state index is 5.27. The molecule has 4 nitrogen and oxygen atoms in total. The van der Waals surface area contributed by atoms with E-state index in [4.69, 9.17) is 17.0 Å². The minimum atomic E-state index is 0.554. The highest BCUT2D eigenvalue weighted by atomic mass is 32.2. The molecule has 1 aromatic carbocycles. The maximum Gasteiger partial charge on any atom is 0.174 e. The number of hydrogen-bond donors (Lipinski definition) is 2. The lowest BCUT2D eigenvalue weighted by molar-refractivity contribution is 0.415. The van der Waals surface area contributed by atoms with E-state index in [-0.39, 0.29) is 0 Å². The van der Waals surface area contributed by atoms with Crippen molar-refractivity contribution in [1.82, 2.24) is 10.3 Å². The van der Waals surface area contributed by atoms with E-state index in [0.717, 1.165) is 18.1 Å². The molecule has 0 radical (unpaired) electrons. The third kappa shape index (κ3) is 6.08. The summed E-state index contributed by atoms with van der Waals surface area (Å²) in [6.07, 6.45) is 1.70. The standard InChI is InChI=1S/C17H21N3OS2/c1-13-5-7-14(8-6-13)12-23-11-10-19-17(22)20-16-15(21-2)4-3-9-18-16/h3-9H,10-12H2,1-2H3,(H2,18,19,20,22). The van der Waals surface area contributed by atoms with E-state index in [2.05, 4.69) is 46.8 Å². The van der Waals surface area contributed by atoms with Crippen LogP contribution >= 0.6 is 24.0 Å². The maximum atomic E-state index is 5.27. The number of methoxy groups -OCH3 is 1. The third-order valence-corrected chi connectivity index (χ3v) is 4.42. The lowest BCUT2D eigenvalue weighted by Crippen LogP contribution is -2.30. The van der Waals surface area contributed by atoms with Gasteiger partial charge >= 0.3 is 0 Å². The summed E-state index contributed by atoms with van der Waals surface area (Å²) in [5.74, 6) is 3.29. The molecule has 23 heavy (non-hydrogen) atoms. The van der Waals surface area contributed by atoms with Gasteiger partial charge in [-0.3, -0.25) is 0 Å². The number of thioether (sulfide) groups is 1. The van der Waals surface area contributed by atoms with Gasteiger partial charge in [-0.25, -0.2) is 4.98 Å². The van der Waals surface area contributed by atoms with Crippen LogP contribution in [0.25, 0.3) is 0 Å². The van der Waals surface area contributed by atoms with Crippen molar-refractivity contribution in [2.24, 2.45) is 0 Å². The van der Waals surface area contributed by atoms with E-state index in [9.17, 15) is 0 Å². The van der Waals surface area contributed by atoms with E-state index >= 15 is 0 Å². The number of nitrogens with zero attached hydrogens (tertiary/aromatic N) is 1. The molecule has 2 aromatic rings. The zero-order valence-corrected chi connectivity index (χ0v) is 15.0. The van der Waals surface area contributed by atoms with Crippen molar-refractivity contribution in [3.05, 3.63) is 53.7 Å². The third-order valence-electron chi connectivity index (χ3n) is 3.14. The smallest absolute Gasteiger partial charge is 0.174 e. The Kier molecular flexibility index (Phi) is 7.16. The number of anilines is 1. The fraction of sp³-hybridized carbons (Fsp3) is 0.294. The van der Waals surface area contributed by atoms with Crippen molar-refractivity contribution in [3.63, 3.8) is 0 Å². The van der Waals surface area contributed by atoms with Crippen LogP contribution in [0.2, 0.25) is 0 Å². The molecule has 0 saturated carbocycles. The molecule has 0 unspecified atom stereocenters. The van der Waals surface area contributed by atoms with Crippen LogP contribution in [-0.4, -0.2) is 29.5 Å². The Morgan fingerprint density at radius 2 is 2.04 bits per heavy atom. The molecule has 0 bridgehead atoms. The number of nitrogens with one attached hydrogen (secondary N) is 2. The average Bonchev–Trinajstić information content (AvgIpc) is 2.57. The van der Waals surface area contributed by atoms with Gasteiger partial charge in [-0.1, -0.05) is 29.8 Å². The molecule has 0 spiro atoms. The quantitative estimate of drug-likeness (QED) is 0.589. The van der Waals surface area contributed by atoms with E-state index < -0.39 is 0 Å².